The molecule has 62 heavy (non-hydrogen) atoms. The smallest absolute Gasteiger partial charge is 0.253 e. The number of guanidine groups is 1. The number of aliphatic hydroxyl groups is 1. The third kappa shape index (κ3) is 18.2. The lowest BCUT2D eigenvalue weighted by Crippen LogP contribution is -2.39. The fraction of sp³-hybridized carbons (Fsp3) is 0.531. The van der Waals surface area contributed by atoms with E-state index < -0.39 is 0 Å². The number of aryl methyl sites for hydroxylation is 2. The van der Waals surface area contributed by atoms with Crippen molar-refractivity contribution in [2.24, 2.45) is 30.4 Å². The van der Waals surface area contributed by atoms with Crippen LogP contribution in [0, 0.1) is 22.8 Å². The highest BCUT2D eigenvalue weighted by molar-refractivity contribution is 5.95. The van der Waals surface area contributed by atoms with Crippen LogP contribution in [0.1, 0.15) is 112 Å². The zero-order valence-electron chi connectivity index (χ0n) is 37.4. The SMILES string of the molecule is CN(CC1(CO)CCCC1)C(=O)CCCCCCCN=C(NC#N)Nc1cc[n+](C)cc1.C[n+]1cccc(/C=C/C(=O)NCCCCC2CCN(C(=O)c3ccccc3)CC2)c1. The summed E-state index contributed by atoms with van der Waals surface area (Å²) >= 11 is 0. The van der Waals surface area contributed by atoms with E-state index in [1.165, 1.54) is 6.42 Å². The van der Waals surface area contributed by atoms with Crippen molar-refractivity contribution in [1.82, 2.24) is 20.4 Å². The Morgan fingerprint density at radius 3 is 2.32 bits per heavy atom. The standard InChI is InChI=1S/C25H31N3O2.C24H38N6O2/c1-27-17-7-9-22(20-27)12-13-24(29)26-16-6-5-8-21-14-18-28(19-15-21)25(30)23-10-3-2-4-11-23;1-29-16-11-21(12-17-29)28-23(27-20-25)26-15-9-5-3-4-6-10-22(32)30(2)18-24(19-31)13-7-8-14-24/h2-4,7,9-13,17,20-21H,5-6,8,14-16,18-19H2,1H3;11-12,16-17,31H,3-10,13-15,18-19H2,1-2H3,(H,26,27)/p+2/b13-12+;. The van der Waals surface area contributed by atoms with Crippen LogP contribution in [0.3, 0.4) is 0 Å². The molecule has 13 heteroatoms. The van der Waals surface area contributed by atoms with Gasteiger partial charge in [0.25, 0.3) is 5.91 Å². The van der Waals surface area contributed by atoms with E-state index >= 15 is 0 Å². The number of rotatable bonds is 20. The van der Waals surface area contributed by atoms with Crippen LogP contribution in [0.2, 0.25) is 0 Å². The maximum atomic E-state index is 12.5. The van der Waals surface area contributed by atoms with Gasteiger partial charge in [-0.15, -0.1) is 0 Å². The van der Waals surface area contributed by atoms with Crippen LogP contribution in [0.4, 0.5) is 5.69 Å². The number of carbonyl (C=O) groups excluding carboxylic acids is 3. The highest BCUT2D eigenvalue weighted by atomic mass is 16.3. The Balaban J connectivity index is 0.000000273. The van der Waals surface area contributed by atoms with Crippen molar-refractivity contribution in [1.29, 1.82) is 5.26 Å². The summed E-state index contributed by atoms with van der Waals surface area (Å²) in [4.78, 5) is 45.1. The van der Waals surface area contributed by atoms with Gasteiger partial charge in [0.15, 0.2) is 31.0 Å². The minimum absolute atomic E-state index is 0.0470. The zero-order valence-corrected chi connectivity index (χ0v) is 37.4. The predicted octanol–water partition coefficient (Wildman–Crippen LogP) is 6.06. The number of nitriles is 1. The number of aliphatic hydroxyl groups excluding tert-OH is 1. The van der Waals surface area contributed by atoms with Crippen molar-refractivity contribution < 1.29 is 28.6 Å². The third-order valence-electron chi connectivity index (χ3n) is 11.9. The molecule has 4 N–H and O–H groups in total. The maximum Gasteiger partial charge on any atom is 0.253 e. The normalized spacial score (nSPS) is 15.0. The molecule has 3 heterocycles. The number of nitrogens with one attached hydrogen (secondary N) is 3. The van der Waals surface area contributed by atoms with Gasteiger partial charge in [0.2, 0.25) is 17.8 Å². The van der Waals surface area contributed by atoms with Crippen molar-refractivity contribution in [2.45, 2.75) is 96.3 Å². The number of benzene rings is 1. The molecule has 1 aliphatic carbocycles. The van der Waals surface area contributed by atoms with E-state index in [1.54, 1.807) is 6.08 Å². The third-order valence-corrected chi connectivity index (χ3v) is 11.9. The fourth-order valence-corrected chi connectivity index (χ4v) is 8.17. The number of likely N-dealkylation sites (tertiary alicyclic amines) is 1. The lowest BCUT2D eigenvalue weighted by Gasteiger charge is -2.32. The molecule has 1 aliphatic heterocycles. The van der Waals surface area contributed by atoms with Crippen molar-refractivity contribution >= 4 is 35.4 Å². The Morgan fingerprint density at radius 1 is 0.919 bits per heavy atom. The average molecular weight is 850 g/mol. The number of nitrogens with zero attached hydrogens (tertiary/aromatic N) is 6. The lowest BCUT2D eigenvalue weighted by molar-refractivity contribution is -0.671. The number of amides is 3. The summed E-state index contributed by atoms with van der Waals surface area (Å²) in [5, 5.41) is 27.3. The van der Waals surface area contributed by atoms with Gasteiger partial charge < -0.3 is 25.5 Å². The van der Waals surface area contributed by atoms with Gasteiger partial charge in [0.1, 0.15) is 14.1 Å². The number of piperidine rings is 1. The molecule has 0 spiro atoms. The van der Waals surface area contributed by atoms with E-state index in [4.69, 9.17) is 5.26 Å². The van der Waals surface area contributed by atoms with Crippen LogP contribution in [-0.2, 0) is 23.7 Å². The van der Waals surface area contributed by atoms with Gasteiger partial charge in [0.05, 0.1) is 12.3 Å². The van der Waals surface area contributed by atoms with Crippen molar-refractivity contribution in [3.63, 3.8) is 0 Å². The summed E-state index contributed by atoms with van der Waals surface area (Å²) in [5.41, 5.74) is 2.59. The molecule has 1 saturated carbocycles. The molecule has 0 unspecified atom stereocenters. The van der Waals surface area contributed by atoms with E-state index in [1.807, 2.05) is 132 Å². The van der Waals surface area contributed by atoms with Gasteiger partial charge in [-0.25, -0.2) is 9.13 Å². The van der Waals surface area contributed by atoms with E-state index in [0.717, 1.165) is 113 Å². The number of hydrogen-bond donors (Lipinski definition) is 4. The summed E-state index contributed by atoms with van der Waals surface area (Å²) in [6, 6.07) is 17.3. The molecule has 1 aromatic carbocycles. The molecule has 3 amide bonds. The number of aliphatic imine (C=N–C) groups is 1. The first-order valence-corrected chi connectivity index (χ1v) is 22.6. The molecular formula is C49H71N9O4+2. The Bertz CT molecular complexity index is 1900. The van der Waals surface area contributed by atoms with Gasteiger partial charge >= 0.3 is 0 Å². The molecule has 13 nitrogen and oxygen atoms in total. The van der Waals surface area contributed by atoms with Gasteiger partial charge in [0, 0.05) is 87.0 Å². The lowest BCUT2D eigenvalue weighted by atomic mass is 9.86. The molecule has 0 bridgehead atoms. The summed E-state index contributed by atoms with van der Waals surface area (Å²) < 4.78 is 3.90. The Hall–Kier alpha value is -5.61. The molecule has 5 rings (SSSR count). The van der Waals surface area contributed by atoms with Crippen LogP contribution >= 0.6 is 0 Å². The van der Waals surface area contributed by atoms with Gasteiger partial charge in [-0.2, -0.15) is 5.26 Å². The van der Waals surface area contributed by atoms with E-state index in [9.17, 15) is 19.5 Å². The van der Waals surface area contributed by atoms with Crippen LogP contribution in [-0.4, -0.2) is 85.0 Å². The number of carbonyl (C=O) groups is 3. The van der Waals surface area contributed by atoms with E-state index in [-0.39, 0.29) is 29.7 Å². The van der Waals surface area contributed by atoms with E-state index in [2.05, 4.69) is 20.9 Å². The first-order chi connectivity index (χ1) is 30.1. The second-order valence-electron chi connectivity index (χ2n) is 17.0. The van der Waals surface area contributed by atoms with Gasteiger partial charge in [-0.3, -0.25) is 24.7 Å². The molecule has 2 aliphatic rings. The van der Waals surface area contributed by atoms with Crippen molar-refractivity contribution in [3.05, 3.63) is 96.6 Å². The summed E-state index contributed by atoms with van der Waals surface area (Å²) in [6.45, 7) is 3.89. The average Bonchev–Trinajstić information content (AvgIpc) is 3.76. The monoisotopic (exact) mass is 850 g/mol. The predicted molar refractivity (Wildman–Crippen MR) is 244 cm³/mol. The molecule has 1 saturated heterocycles. The molecule has 2 aromatic heterocycles. The number of hydrogen-bond acceptors (Lipinski definition) is 6. The number of aromatic nitrogens is 2. The number of unbranched alkanes of at least 4 members (excludes halogenated alkanes) is 5. The number of pyridine rings is 2. The second kappa shape index (κ2) is 27.4. The minimum atomic E-state index is -0.0720. The zero-order chi connectivity index (χ0) is 44.4. The summed E-state index contributed by atoms with van der Waals surface area (Å²) in [6.07, 6.45) is 28.4. The van der Waals surface area contributed by atoms with E-state index in [0.29, 0.717) is 37.9 Å². The highest BCUT2D eigenvalue weighted by Crippen LogP contribution is 2.38. The van der Waals surface area contributed by atoms with Crippen LogP contribution < -0.4 is 25.1 Å². The topological polar surface area (TPSA) is 158 Å². The minimum Gasteiger partial charge on any atom is -0.396 e. The van der Waals surface area contributed by atoms with Crippen molar-refractivity contribution in [2.75, 3.05) is 51.7 Å². The Kier molecular flexibility index (Phi) is 21.6. The first kappa shape index (κ1) is 49.0. The number of anilines is 1. The molecule has 3 aromatic rings. The van der Waals surface area contributed by atoms with Crippen LogP contribution in [0.15, 0.2) is 90.5 Å². The molecule has 2 fully saturated rings. The molecular weight excluding hydrogens is 779 g/mol. The first-order valence-electron chi connectivity index (χ1n) is 22.6. The summed E-state index contributed by atoms with van der Waals surface area (Å²) in [7, 11) is 5.78. The maximum absolute atomic E-state index is 12.5. The van der Waals surface area contributed by atoms with Gasteiger partial charge in [-0.05, 0) is 75.1 Å². The second-order valence-corrected chi connectivity index (χ2v) is 17.0. The molecule has 0 radical (unpaired) electrons. The summed E-state index contributed by atoms with van der Waals surface area (Å²) in [5.74, 6) is 1.42. The quantitative estimate of drug-likeness (QED) is 0.0205. The fourth-order valence-electron chi connectivity index (χ4n) is 8.17. The largest absolute Gasteiger partial charge is 0.396 e. The highest BCUT2D eigenvalue weighted by Gasteiger charge is 2.35. The Morgan fingerprint density at radius 2 is 1.63 bits per heavy atom. The molecule has 0 atom stereocenters. The van der Waals surface area contributed by atoms with Crippen LogP contribution in [0.25, 0.3) is 6.08 Å². The van der Waals surface area contributed by atoms with Gasteiger partial charge in [-0.1, -0.05) is 63.1 Å². The van der Waals surface area contributed by atoms with Crippen molar-refractivity contribution in [3.8, 4) is 6.19 Å². The molecule has 334 valence electrons. The van der Waals surface area contributed by atoms with Crippen LogP contribution in [0.5, 0.6) is 0 Å². The Labute approximate surface area is 369 Å².